The topological polar surface area (TPSA) is 75.3 Å². The van der Waals surface area contributed by atoms with Crippen molar-refractivity contribution in [3.63, 3.8) is 0 Å². The van der Waals surface area contributed by atoms with Gasteiger partial charge in [-0.2, -0.15) is 0 Å². The minimum atomic E-state index is -3.88. The van der Waals surface area contributed by atoms with Crippen molar-refractivity contribution in [1.29, 1.82) is 0 Å². The van der Waals surface area contributed by atoms with Gasteiger partial charge in [-0.25, -0.2) is 8.42 Å². The van der Waals surface area contributed by atoms with Crippen molar-refractivity contribution in [3.05, 3.63) is 130 Å². The van der Waals surface area contributed by atoms with Crippen molar-refractivity contribution >= 4 is 21.6 Å². The number of carbonyl (C=O) groups is 1. The molecule has 0 heterocycles. The molecule has 35 heavy (non-hydrogen) atoms. The standard InChI is InChI=1S/C29H28N2O3S/c1-20-13-17-25(18-14-20)31-35(33,34)27-19-24(16-15-22(27)3)29(32)30-28(23-10-5-4-6-11-23)26-12-8-7-9-21(26)2/h4-19,28,31H,1-3H3,(H,30,32)/t28-/m0/s1. The lowest BCUT2D eigenvalue weighted by molar-refractivity contribution is 0.0942. The fourth-order valence-corrected chi connectivity index (χ4v) is 5.30. The zero-order valence-corrected chi connectivity index (χ0v) is 20.8. The van der Waals surface area contributed by atoms with Gasteiger partial charge in [0.15, 0.2) is 0 Å². The van der Waals surface area contributed by atoms with Crippen LogP contribution in [-0.2, 0) is 10.0 Å². The molecule has 0 saturated carbocycles. The number of nitrogens with one attached hydrogen (secondary N) is 2. The summed E-state index contributed by atoms with van der Waals surface area (Å²) in [5, 5.41) is 3.11. The van der Waals surface area contributed by atoms with Crippen LogP contribution >= 0.6 is 0 Å². The van der Waals surface area contributed by atoms with Crippen LogP contribution < -0.4 is 10.0 Å². The number of carbonyl (C=O) groups excluding carboxylic acids is 1. The Labute approximate surface area is 206 Å². The summed E-state index contributed by atoms with van der Waals surface area (Å²) in [5.74, 6) is -0.353. The molecule has 0 unspecified atom stereocenters. The second-order valence-electron chi connectivity index (χ2n) is 8.63. The maximum Gasteiger partial charge on any atom is 0.262 e. The molecule has 4 aromatic carbocycles. The lowest BCUT2D eigenvalue weighted by Gasteiger charge is -2.22. The molecule has 0 fully saturated rings. The van der Waals surface area contributed by atoms with E-state index in [-0.39, 0.29) is 22.4 Å². The first-order valence-electron chi connectivity index (χ1n) is 11.4. The second kappa shape index (κ2) is 10.2. The van der Waals surface area contributed by atoms with E-state index < -0.39 is 10.0 Å². The highest BCUT2D eigenvalue weighted by molar-refractivity contribution is 7.92. The predicted octanol–water partition coefficient (Wildman–Crippen LogP) is 5.93. The van der Waals surface area contributed by atoms with Gasteiger partial charge < -0.3 is 5.32 Å². The lowest BCUT2D eigenvalue weighted by atomic mass is 9.94. The van der Waals surface area contributed by atoms with Gasteiger partial charge in [0.1, 0.15) is 0 Å². The largest absolute Gasteiger partial charge is 0.341 e. The van der Waals surface area contributed by atoms with Gasteiger partial charge in [-0.05, 0) is 67.3 Å². The molecular weight excluding hydrogens is 456 g/mol. The Morgan fingerprint density at radius 1 is 0.743 bits per heavy atom. The third-order valence-corrected chi connectivity index (χ3v) is 7.47. The van der Waals surface area contributed by atoms with Crippen molar-refractivity contribution in [2.24, 2.45) is 0 Å². The van der Waals surface area contributed by atoms with Crippen molar-refractivity contribution in [2.45, 2.75) is 31.7 Å². The molecule has 2 N–H and O–H groups in total. The Kier molecular flexibility index (Phi) is 7.03. The van der Waals surface area contributed by atoms with Gasteiger partial charge in [0.25, 0.3) is 15.9 Å². The van der Waals surface area contributed by atoms with Crippen LogP contribution in [0.25, 0.3) is 0 Å². The lowest BCUT2D eigenvalue weighted by Crippen LogP contribution is -2.30. The number of rotatable bonds is 7. The highest BCUT2D eigenvalue weighted by atomic mass is 32.2. The van der Waals surface area contributed by atoms with E-state index in [4.69, 9.17) is 0 Å². The molecule has 178 valence electrons. The Morgan fingerprint density at radius 3 is 2.09 bits per heavy atom. The van der Waals surface area contributed by atoms with Crippen LogP contribution in [-0.4, -0.2) is 14.3 Å². The molecule has 0 bridgehead atoms. The summed E-state index contributed by atoms with van der Waals surface area (Å²) in [6, 6.07) is 29.1. The van der Waals surface area contributed by atoms with Crippen LogP contribution in [0, 0.1) is 20.8 Å². The summed E-state index contributed by atoms with van der Waals surface area (Å²) in [6.45, 7) is 5.65. The number of benzene rings is 4. The van der Waals surface area contributed by atoms with Crippen LogP contribution in [0.15, 0.2) is 102 Å². The van der Waals surface area contributed by atoms with E-state index in [0.29, 0.717) is 11.3 Å². The summed E-state index contributed by atoms with van der Waals surface area (Å²) >= 11 is 0. The molecule has 0 radical (unpaired) electrons. The number of hydrogen-bond acceptors (Lipinski definition) is 3. The second-order valence-corrected chi connectivity index (χ2v) is 10.3. The van der Waals surface area contributed by atoms with E-state index >= 15 is 0 Å². The fourth-order valence-electron chi connectivity index (χ4n) is 3.97. The van der Waals surface area contributed by atoms with Gasteiger partial charge in [-0.15, -0.1) is 0 Å². The molecule has 0 aliphatic heterocycles. The molecule has 6 heteroatoms. The predicted molar refractivity (Wildman–Crippen MR) is 140 cm³/mol. The van der Waals surface area contributed by atoms with E-state index in [0.717, 1.165) is 22.3 Å². The third-order valence-electron chi connectivity index (χ3n) is 5.95. The number of hydrogen-bond donors (Lipinski definition) is 2. The number of sulfonamides is 1. The van der Waals surface area contributed by atoms with E-state index in [1.165, 1.54) is 6.07 Å². The van der Waals surface area contributed by atoms with Gasteiger partial charge in [0.2, 0.25) is 0 Å². The summed E-state index contributed by atoms with van der Waals surface area (Å²) in [4.78, 5) is 13.4. The zero-order chi connectivity index (χ0) is 25.0. The average molecular weight is 485 g/mol. The molecule has 0 aliphatic rings. The minimum Gasteiger partial charge on any atom is -0.341 e. The molecule has 0 aromatic heterocycles. The zero-order valence-electron chi connectivity index (χ0n) is 19.9. The highest BCUT2D eigenvalue weighted by Crippen LogP contribution is 2.26. The summed E-state index contributed by atoms with van der Waals surface area (Å²) in [5.41, 5.74) is 5.30. The smallest absolute Gasteiger partial charge is 0.262 e. The van der Waals surface area contributed by atoms with E-state index in [1.807, 2.05) is 80.6 Å². The van der Waals surface area contributed by atoms with Crippen molar-refractivity contribution < 1.29 is 13.2 Å². The van der Waals surface area contributed by atoms with E-state index in [9.17, 15) is 13.2 Å². The van der Waals surface area contributed by atoms with E-state index in [1.54, 1.807) is 31.2 Å². The molecule has 1 atom stereocenters. The van der Waals surface area contributed by atoms with Crippen LogP contribution in [0.1, 0.15) is 44.2 Å². The third kappa shape index (κ3) is 5.61. The number of aryl methyl sites for hydroxylation is 3. The summed E-state index contributed by atoms with van der Waals surface area (Å²) < 4.78 is 28.9. The Balaban J connectivity index is 1.66. The minimum absolute atomic E-state index is 0.0675. The summed E-state index contributed by atoms with van der Waals surface area (Å²) in [6.07, 6.45) is 0. The molecule has 4 aromatic rings. The molecular formula is C29H28N2O3S. The fraction of sp³-hybridized carbons (Fsp3) is 0.138. The van der Waals surface area contributed by atoms with Gasteiger partial charge >= 0.3 is 0 Å². The quantitative estimate of drug-likeness (QED) is 0.341. The molecule has 0 spiro atoms. The normalized spacial score (nSPS) is 12.1. The maximum absolute atomic E-state index is 13.4. The van der Waals surface area contributed by atoms with E-state index in [2.05, 4.69) is 10.0 Å². The monoisotopic (exact) mass is 484 g/mol. The first-order valence-corrected chi connectivity index (χ1v) is 12.8. The van der Waals surface area contributed by atoms with Gasteiger partial charge in [-0.1, -0.05) is 78.4 Å². The van der Waals surface area contributed by atoms with Crippen molar-refractivity contribution in [1.82, 2.24) is 5.32 Å². The van der Waals surface area contributed by atoms with Gasteiger partial charge in [0, 0.05) is 11.3 Å². The molecule has 1 amide bonds. The van der Waals surface area contributed by atoms with Crippen LogP contribution in [0.3, 0.4) is 0 Å². The maximum atomic E-state index is 13.4. The summed E-state index contributed by atoms with van der Waals surface area (Å²) in [7, 11) is -3.88. The first kappa shape index (κ1) is 24.2. The Hall–Kier alpha value is -3.90. The van der Waals surface area contributed by atoms with Gasteiger partial charge in [0.05, 0.1) is 10.9 Å². The molecule has 0 aliphatic carbocycles. The highest BCUT2D eigenvalue weighted by Gasteiger charge is 2.22. The number of anilines is 1. The number of amides is 1. The molecule has 4 rings (SSSR count). The Bertz CT molecular complexity index is 1450. The van der Waals surface area contributed by atoms with Crippen LogP contribution in [0.2, 0.25) is 0 Å². The van der Waals surface area contributed by atoms with Crippen LogP contribution in [0.4, 0.5) is 5.69 Å². The molecule has 5 nitrogen and oxygen atoms in total. The van der Waals surface area contributed by atoms with Crippen molar-refractivity contribution in [2.75, 3.05) is 4.72 Å². The average Bonchev–Trinajstić information content (AvgIpc) is 2.85. The van der Waals surface area contributed by atoms with Crippen molar-refractivity contribution in [3.8, 4) is 0 Å². The first-order chi connectivity index (χ1) is 16.7. The van der Waals surface area contributed by atoms with Crippen LogP contribution in [0.5, 0.6) is 0 Å². The SMILES string of the molecule is Cc1ccc(NS(=O)(=O)c2cc(C(=O)N[C@@H](c3ccccc3)c3ccccc3C)ccc2C)cc1. The molecule has 0 saturated heterocycles. The van der Waals surface area contributed by atoms with Gasteiger partial charge in [-0.3, -0.25) is 9.52 Å². The Morgan fingerprint density at radius 2 is 1.40 bits per heavy atom.